The Kier molecular flexibility index (Phi) is 30.4. The molecule has 0 bridgehead atoms. The number of terminal acetylenes is 8. The molecule has 0 aromatic heterocycles. The Balaban J connectivity index is -0.000000247. The van der Waals surface area contributed by atoms with Gasteiger partial charge in [0.2, 0.25) is 0 Å². The molecular weight excluding hydrogens is 530 g/mol. The second-order valence-corrected chi connectivity index (χ2v) is 13.0. The summed E-state index contributed by atoms with van der Waals surface area (Å²) in [6.45, 7) is 22.3. The van der Waals surface area contributed by atoms with Crippen LogP contribution in [0.4, 0.5) is 0 Å². The molecule has 0 radical (unpaired) electrons. The van der Waals surface area contributed by atoms with Crippen molar-refractivity contribution in [2.45, 2.75) is 120 Å². The van der Waals surface area contributed by atoms with E-state index in [4.69, 9.17) is 51.4 Å². The first-order valence-electron chi connectivity index (χ1n) is 15.7. The summed E-state index contributed by atoms with van der Waals surface area (Å²) in [7, 11) is 2.02. The summed E-state index contributed by atoms with van der Waals surface area (Å²) in [5.74, 6) is 24.0. The van der Waals surface area contributed by atoms with Gasteiger partial charge in [0.05, 0.1) is 6.54 Å². The molecule has 1 nitrogen and oxygen atoms in total. The van der Waals surface area contributed by atoms with E-state index in [-0.39, 0.29) is 10.8 Å². The highest BCUT2D eigenvalue weighted by Crippen LogP contribution is 2.42. The first-order valence-corrected chi connectivity index (χ1v) is 15.7. The summed E-state index contributed by atoms with van der Waals surface area (Å²) < 4.78 is 0. The highest BCUT2D eigenvalue weighted by Gasteiger charge is 2.35. The number of hydrogen-bond acceptors (Lipinski definition) is 1. The average molecular weight is 594 g/mol. The molecule has 0 heterocycles. The van der Waals surface area contributed by atoms with Gasteiger partial charge in [0.15, 0.2) is 0 Å². The fourth-order valence-electron chi connectivity index (χ4n) is 4.51. The van der Waals surface area contributed by atoms with Crippen molar-refractivity contribution < 1.29 is 0 Å². The summed E-state index contributed by atoms with van der Waals surface area (Å²) in [6, 6.07) is 0.561. The SMILES string of the molecule is C#CCC(CC#C)(C(C)C)C(C)C.C#CCC(CC#C)(CC#C)C(C)C.C#CCC(CC#C)C(C)C.C#CCN(C)C(C)C. The van der Waals surface area contributed by atoms with Crippen LogP contribution in [0.3, 0.4) is 0 Å². The number of rotatable bonds is 13. The standard InChI is InChI=1S/C13H20.C13H16.C10H14.C7H13N/c1-7-9-13(10-8-2,11(3)4)12(5)6;1-6-9-13(10-7-2,11-8-3)12(4)5;1-5-7-10(8-6-2)9(3)4;1-5-6-8(4)7(2)3/h1-2,11-12H,9-10H2,3-6H3;1-3,12H,9-11H2,4-5H3;1-2,9-10H,7-8H2,3-4H3;1,7H,6H2,2-4H3. The van der Waals surface area contributed by atoms with E-state index >= 15 is 0 Å². The maximum atomic E-state index is 5.40. The molecule has 0 saturated heterocycles. The summed E-state index contributed by atoms with van der Waals surface area (Å²) in [5.41, 5.74) is 0.0712. The normalized spacial score (nSPS) is 10.3. The summed E-state index contributed by atoms with van der Waals surface area (Å²) in [6.07, 6.45) is 47.4. The van der Waals surface area contributed by atoms with Crippen molar-refractivity contribution in [3.05, 3.63) is 0 Å². The molecular formula is C43H63N. The maximum absolute atomic E-state index is 5.40. The molecule has 0 aliphatic heterocycles. The third-order valence-corrected chi connectivity index (χ3v) is 8.67. The van der Waals surface area contributed by atoms with Gasteiger partial charge >= 0.3 is 0 Å². The molecule has 0 aliphatic carbocycles. The summed E-state index contributed by atoms with van der Waals surface area (Å²) >= 11 is 0. The van der Waals surface area contributed by atoms with Crippen molar-refractivity contribution in [2.75, 3.05) is 13.6 Å². The van der Waals surface area contributed by atoms with Crippen molar-refractivity contribution in [3.8, 4) is 98.8 Å². The highest BCUT2D eigenvalue weighted by atomic mass is 15.1. The van der Waals surface area contributed by atoms with Gasteiger partial charge in [-0.2, -0.15) is 0 Å². The minimum absolute atomic E-state index is 0.0573. The Morgan fingerprint density at radius 1 is 0.477 bits per heavy atom. The minimum Gasteiger partial charge on any atom is -0.293 e. The van der Waals surface area contributed by atoms with Crippen LogP contribution in [-0.2, 0) is 0 Å². The molecule has 0 fully saturated rings. The van der Waals surface area contributed by atoms with Crippen LogP contribution < -0.4 is 0 Å². The van der Waals surface area contributed by atoms with E-state index < -0.39 is 0 Å². The lowest BCUT2D eigenvalue weighted by molar-refractivity contribution is 0.124. The fourth-order valence-corrected chi connectivity index (χ4v) is 4.51. The lowest BCUT2D eigenvalue weighted by Crippen LogP contribution is -2.32. The van der Waals surface area contributed by atoms with E-state index in [1.54, 1.807) is 0 Å². The molecule has 0 aromatic carbocycles. The van der Waals surface area contributed by atoms with E-state index in [2.05, 4.69) is 122 Å². The van der Waals surface area contributed by atoms with E-state index in [0.29, 0.717) is 54.9 Å². The van der Waals surface area contributed by atoms with Crippen LogP contribution in [-0.4, -0.2) is 24.5 Å². The van der Waals surface area contributed by atoms with Crippen LogP contribution in [0, 0.1) is 139 Å². The van der Waals surface area contributed by atoms with E-state index in [1.807, 2.05) is 7.05 Å². The van der Waals surface area contributed by atoms with Crippen molar-refractivity contribution in [2.24, 2.45) is 40.4 Å². The van der Waals surface area contributed by atoms with E-state index in [1.165, 1.54) is 0 Å². The van der Waals surface area contributed by atoms with Crippen molar-refractivity contribution in [1.29, 1.82) is 0 Å². The van der Waals surface area contributed by atoms with Gasteiger partial charge in [-0.05, 0) is 55.9 Å². The van der Waals surface area contributed by atoms with Crippen molar-refractivity contribution in [3.63, 3.8) is 0 Å². The molecule has 0 rings (SSSR count). The third kappa shape index (κ3) is 20.4. The summed E-state index contributed by atoms with van der Waals surface area (Å²) in [4.78, 5) is 2.11. The predicted octanol–water partition coefficient (Wildman–Crippen LogP) is 9.30. The van der Waals surface area contributed by atoms with Crippen LogP contribution >= 0.6 is 0 Å². The van der Waals surface area contributed by atoms with Crippen LogP contribution in [0.5, 0.6) is 0 Å². The number of hydrogen-bond donors (Lipinski definition) is 0. The molecule has 0 N–H and O–H groups in total. The average Bonchev–Trinajstić information content (AvgIpc) is 2.94. The van der Waals surface area contributed by atoms with Gasteiger partial charge < -0.3 is 0 Å². The van der Waals surface area contributed by atoms with Crippen LogP contribution in [0.15, 0.2) is 0 Å². The quantitative estimate of drug-likeness (QED) is 0.192. The van der Waals surface area contributed by atoms with Gasteiger partial charge in [-0.25, -0.2) is 0 Å². The van der Waals surface area contributed by atoms with Crippen LogP contribution in [0.25, 0.3) is 0 Å². The molecule has 0 amide bonds. The second kappa shape index (κ2) is 28.2. The maximum Gasteiger partial charge on any atom is 0.0598 e. The Morgan fingerprint density at radius 3 is 0.977 bits per heavy atom. The van der Waals surface area contributed by atoms with Crippen LogP contribution in [0.1, 0.15) is 114 Å². The van der Waals surface area contributed by atoms with Gasteiger partial charge in [0.25, 0.3) is 0 Å². The lowest BCUT2D eigenvalue weighted by Gasteiger charge is -2.38. The third-order valence-electron chi connectivity index (χ3n) is 8.67. The monoisotopic (exact) mass is 593 g/mol. The number of nitrogens with zero attached hydrogens (tertiary/aromatic N) is 1. The fraction of sp³-hybridized carbons (Fsp3) is 0.628. The van der Waals surface area contributed by atoms with Gasteiger partial charge in [0, 0.05) is 56.4 Å². The second-order valence-electron chi connectivity index (χ2n) is 13.0. The Bertz CT molecular complexity index is 987. The zero-order chi connectivity index (χ0) is 35.4. The van der Waals surface area contributed by atoms with E-state index in [0.717, 1.165) is 32.2 Å². The predicted molar refractivity (Wildman–Crippen MR) is 198 cm³/mol. The molecule has 0 aliphatic rings. The Hall–Kier alpha value is -3.56. The van der Waals surface area contributed by atoms with Crippen LogP contribution in [0.2, 0.25) is 0 Å². The highest BCUT2D eigenvalue weighted by molar-refractivity contribution is 5.08. The topological polar surface area (TPSA) is 3.24 Å². The largest absolute Gasteiger partial charge is 0.293 e. The summed E-state index contributed by atoms with van der Waals surface area (Å²) in [5, 5.41) is 0. The van der Waals surface area contributed by atoms with Gasteiger partial charge in [-0.15, -0.1) is 92.8 Å². The molecule has 0 atom stereocenters. The Labute approximate surface area is 277 Å². The molecule has 0 saturated carbocycles. The first kappa shape index (κ1) is 47.4. The Morgan fingerprint density at radius 2 is 0.818 bits per heavy atom. The zero-order valence-electron chi connectivity index (χ0n) is 30.2. The molecule has 44 heavy (non-hydrogen) atoms. The first-order chi connectivity index (χ1) is 20.5. The van der Waals surface area contributed by atoms with Crippen molar-refractivity contribution >= 4 is 0 Å². The lowest BCUT2D eigenvalue weighted by atomic mass is 9.65. The zero-order valence-corrected chi connectivity index (χ0v) is 30.2. The van der Waals surface area contributed by atoms with Crippen molar-refractivity contribution in [1.82, 2.24) is 4.90 Å². The molecule has 1 heteroatoms. The van der Waals surface area contributed by atoms with Gasteiger partial charge in [0.1, 0.15) is 0 Å². The molecule has 0 aromatic rings. The molecule has 0 spiro atoms. The molecule has 240 valence electrons. The van der Waals surface area contributed by atoms with E-state index in [9.17, 15) is 0 Å². The van der Waals surface area contributed by atoms with Gasteiger partial charge in [-0.1, -0.05) is 61.3 Å². The minimum atomic E-state index is -0.0573. The molecule has 0 unspecified atom stereocenters. The van der Waals surface area contributed by atoms with Gasteiger partial charge in [-0.3, -0.25) is 4.90 Å². The smallest absolute Gasteiger partial charge is 0.0598 e.